The first-order valence-electron chi connectivity index (χ1n) is 10.4. The summed E-state index contributed by atoms with van der Waals surface area (Å²) in [6.45, 7) is -0.160. The summed E-state index contributed by atoms with van der Waals surface area (Å²) in [6, 6.07) is 16.0. The van der Waals surface area contributed by atoms with Crippen LogP contribution in [0.25, 0.3) is 4.96 Å². The zero-order chi connectivity index (χ0) is 22.8. The lowest BCUT2D eigenvalue weighted by atomic mass is 10.3. The average molecular weight is 499 g/mol. The molecular weight excluding hydrogens is 480 g/mol. The van der Waals surface area contributed by atoms with Crippen LogP contribution in [0.4, 0.5) is 5.69 Å². The molecule has 10 heteroatoms. The first kappa shape index (κ1) is 21.9. The molecule has 1 N–H and O–H groups in total. The van der Waals surface area contributed by atoms with Crippen molar-refractivity contribution in [1.29, 1.82) is 0 Å². The highest BCUT2D eigenvalue weighted by molar-refractivity contribution is 7.98. The van der Waals surface area contributed by atoms with Gasteiger partial charge in [0.1, 0.15) is 10.8 Å². The highest BCUT2D eigenvalue weighted by Crippen LogP contribution is 2.41. The molecule has 0 atom stereocenters. The number of halogens is 1. The lowest BCUT2D eigenvalue weighted by molar-refractivity contribution is -0.118. The van der Waals surface area contributed by atoms with Crippen LogP contribution >= 0.6 is 34.7 Å². The number of para-hydroxylation sites is 2. The zero-order valence-corrected chi connectivity index (χ0v) is 19.8. The maximum Gasteiger partial charge on any atom is 0.275 e. The van der Waals surface area contributed by atoms with Gasteiger partial charge in [-0.15, -0.1) is 11.8 Å². The van der Waals surface area contributed by atoms with Crippen LogP contribution in [0.5, 0.6) is 5.75 Å². The lowest BCUT2D eigenvalue weighted by Crippen LogP contribution is -2.20. The number of fused-ring (bicyclic) bond motifs is 1. The molecule has 0 saturated heterocycles. The standard InChI is InChI=1S/C23H19ClN4O3S2/c24-16-5-1-3-7-18(16)31-12-20(29)26-17-6-2-4-8-19(17)32-13-15-11-21(30)28-23(25-15)33-22(27-28)14-9-10-14/h1-8,11,14H,9-10,12-13H2,(H,26,29). The summed E-state index contributed by atoms with van der Waals surface area (Å²) in [7, 11) is 0. The van der Waals surface area contributed by atoms with Crippen molar-refractivity contribution in [3.05, 3.63) is 80.7 Å². The maximum atomic E-state index is 12.5. The zero-order valence-electron chi connectivity index (χ0n) is 17.4. The molecule has 1 aliphatic carbocycles. The number of ether oxygens (including phenoxy) is 1. The molecule has 1 saturated carbocycles. The molecule has 2 heterocycles. The van der Waals surface area contributed by atoms with Crippen molar-refractivity contribution in [3.8, 4) is 5.75 Å². The highest BCUT2D eigenvalue weighted by Gasteiger charge is 2.28. The van der Waals surface area contributed by atoms with Crippen LogP contribution in [0.3, 0.4) is 0 Å². The Morgan fingerprint density at radius 1 is 1.21 bits per heavy atom. The molecule has 168 valence electrons. The van der Waals surface area contributed by atoms with Crippen LogP contribution in [0.2, 0.25) is 5.02 Å². The van der Waals surface area contributed by atoms with Crippen molar-refractivity contribution in [2.75, 3.05) is 11.9 Å². The number of carbonyl (C=O) groups excluding carboxylic acids is 1. The Hall–Kier alpha value is -2.88. The third-order valence-electron chi connectivity index (χ3n) is 4.97. The summed E-state index contributed by atoms with van der Waals surface area (Å²) in [5.41, 5.74) is 1.18. The van der Waals surface area contributed by atoms with Gasteiger partial charge in [0.25, 0.3) is 11.5 Å². The summed E-state index contributed by atoms with van der Waals surface area (Å²) in [4.78, 5) is 31.0. The van der Waals surface area contributed by atoms with Gasteiger partial charge in [-0.3, -0.25) is 9.59 Å². The SMILES string of the molecule is O=C(COc1ccccc1Cl)Nc1ccccc1SCc1cc(=O)n2nc(C3CC3)sc2n1. The van der Waals surface area contributed by atoms with E-state index in [0.717, 1.165) is 22.7 Å². The Labute approximate surface area is 202 Å². The second-order valence-electron chi connectivity index (χ2n) is 7.55. The number of hydrogen-bond acceptors (Lipinski definition) is 7. The largest absolute Gasteiger partial charge is 0.482 e. The quantitative estimate of drug-likeness (QED) is 0.344. The Bertz CT molecular complexity index is 1380. The van der Waals surface area contributed by atoms with Crippen LogP contribution in [0.15, 0.2) is 64.3 Å². The van der Waals surface area contributed by atoms with Crippen molar-refractivity contribution in [1.82, 2.24) is 14.6 Å². The van der Waals surface area contributed by atoms with Gasteiger partial charge < -0.3 is 10.1 Å². The van der Waals surface area contributed by atoms with E-state index in [0.29, 0.717) is 38.8 Å². The van der Waals surface area contributed by atoms with Crippen LogP contribution in [-0.4, -0.2) is 27.1 Å². The van der Waals surface area contributed by atoms with Crippen LogP contribution in [0.1, 0.15) is 29.5 Å². The van der Waals surface area contributed by atoms with Crippen LogP contribution in [0, 0.1) is 0 Å². The molecular formula is C23H19ClN4O3S2. The molecule has 1 fully saturated rings. The van der Waals surface area contributed by atoms with E-state index in [2.05, 4.69) is 15.4 Å². The predicted molar refractivity (Wildman–Crippen MR) is 131 cm³/mol. The van der Waals surface area contributed by atoms with Gasteiger partial charge in [0.05, 0.1) is 16.4 Å². The fourth-order valence-electron chi connectivity index (χ4n) is 3.18. The van der Waals surface area contributed by atoms with Crippen molar-refractivity contribution in [2.45, 2.75) is 29.4 Å². The van der Waals surface area contributed by atoms with E-state index in [-0.39, 0.29) is 18.1 Å². The third kappa shape index (κ3) is 5.21. The molecule has 33 heavy (non-hydrogen) atoms. The van der Waals surface area contributed by atoms with E-state index < -0.39 is 0 Å². The number of nitrogens with zero attached hydrogens (tertiary/aromatic N) is 3. The van der Waals surface area contributed by atoms with E-state index in [4.69, 9.17) is 16.3 Å². The predicted octanol–water partition coefficient (Wildman–Crippen LogP) is 4.99. The molecule has 1 aliphatic rings. The number of benzene rings is 2. The Kier molecular flexibility index (Phi) is 6.34. The second-order valence-corrected chi connectivity index (χ2v) is 9.96. The number of nitrogens with one attached hydrogen (secondary N) is 1. The number of hydrogen-bond donors (Lipinski definition) is 1. The molecule has 7 nitrogen and oxygen atoms in total. The summed E-state index contributed by atoms with van der Waals surface area (Å²) in [6.07, 6.45) is 2.26. The van der Waals surface area contributed by atoms with Gasteiger partial charge in [-0.2, -0.15) is 9.61 Å². The van der Waals surface area contributed by atoms with Gasteiger partial charge in [-0.25, -0.2) is 4.98 Å². The van der Waals surface area contributed by atoms with E-state index in [1.54, 1.807) is 24.3 Å². The van der Waals surface area contributed by atoms with Gasteiger partial charge in [0.2, 0.25) is 4.96 Å². The number of carbonyl (C=O) groups is 1. The molecule has 1 amide bonds. The molecule has 5 rings (SSSR count). The summed E-state index contributed by atoms with van der Waals surface area (Å²) in [5, 5.41) is 8.72. The molecule has 0 aliphatic heterocycles. The van der Waals surface area contributed by atoms with Crippen LogP contribution in [-0.2, 0) is 10.5 Å². The van der Waals surface area contributed by atoms with Crippen molar-refractivity contribution < 1.29 is 9.53 Å². The van der Waals surface area contributed by atoms with Gasteiger partial charge in [0, 0.05) is 22.6 Å². The molecule has 0 bridgehead atoms. The minimum Gasteiger partial charge on any atom is -0.482 e. The smallest absolute Gasteiger partial charge is 0.275 e. The number of aromatic nitrogens is 3. The summed E-state index contributed by atoms with van der Waals surface area (Å²) < 4.78 is 6.90. The number of amides is 1. The molecule has 2 aromatic carbocycles. The normalized spacial score (nSPS) is 13.2. The molecule has 4 aromatic rings. The minimum absolute atomic E-state index is 0.160. The Morgan fingerprint density at radius 2 is 2.00 bits per heavy atom. The van der Waals surface area contributed by atoms with Crippen molar-refractivity contribution >= 4 is 51.3 Å². The summed E-state index contributed by atoms with van der Waals surface area (Å²) >= 11 is 9.05. The van der Waals surface area contributed by atoms with Crippen molar-refractivity contribution in [2.24, 2.45) is 0 Å². The topological polar surface area (TPSA) is 85.6 Å². The van der Waals surface area contributed by atoms with Gasteiger partial charge in [0.15, 0.2) is 6.61 Å². The Balaban J connectivity index is 1.25. The number of rotatable bonds is 8. The minimum atomic E-state index is -0.293. The van der Waals surface area contributed by atoms with E-state index in [1.807, 2.05) is 24.3 Å². The average Bonchev–Trinajstić information content (AvgIpc) is 3.57. The van der Waals surface area contributed by atoms with Gasteiger partial charge in [-0.05, 0) is 37.1 Å². The first-order valence-corrected chi connectivity index (χ1v) is 12.5. The fraction of sp³-hybridized carbons (Fsp3) is 0.217. The summed E-state index contributed by atoms with van der Waals surface area (Å²) in [5.74, 6) is 1.13. The van der Waals surface area contributed by atoms with Crippen LogP contribution < -0.4 is 15.6 Å². The fourth-order valence-corrected chi connectivity index (χ4v) is 5.36. The first-order chi connectivity index (χ1) is 16.1. The van der Waals surface area contributed by atoms with Gasteiger partial charge >= 0.3 is 0 Å². The number of anilines is 1. The van der Waals surface area contributed by atoms with Gasteiger partial charge in [-0.1, -0.05) is 47.2 Å². The van der Waals surface area contributed by atoms with Crippen molar-refractivity contribution in [3.63, 3.8) is 0 Å². The number of thioether (sulfide) groups is 1. The molecule has 0 unspecified atom stereocenters. The molecule has 0 spiro atoms. The second kappa shape index (κ2) is 9.54. The highest BCUT2D eigenvalue weighted by atomic mass is 35.5. The van der Waals surface area contributed by atoms with E-state index in [9.17, 15) is 9.59 Å². The molecule has 2 aromatic heterocycles. The Morgan fingerprint density at radius 3 is 2.82 bits per heavy atom. The lowest BCUT2D eigenvalue weighted by Gasteiger charge is -2.12. The van der Waals surface area contributed by atoms with E-state index in [1.165, 1.54) is 33.7 Å². The maximum absolute atomic E-state index is 12.5. The third-order valence-corrected chi connectivity index (χ3v) is 7.46. The molecule has 0 radical (unpaired) electrons. The monoisotopic (exact) mass is 498 g/mol. The van der Waals surface area contributed by atoms with E-state index >= 15 is 0 Å².